The highest BCUT2D eigenvalue weighted by Gasteiger charge is 2.20. The standard InChI is InChI=1S/C17H20N4O3/c18-9-16(23)21-15(17(24)20-10-19-11-22)8-12-5-6-13-3-1-2-4-14(13)7-12/h1-7,11,15H,8-10,18H2,(H,19,22)(H,20,24)(H,21,23). The Kier molecular flexibility index (Phi) is 6.27. The van der Waals surface area contributed by atoms with Crippen molar-refractivity contribution in [2.24, 2.45) is 5.73 Å². The molecule has 1 atom stereocenters. The maximum atomic E-state index is 12.2. The van der Waals surface area contributed by atoms with Gasteiger partial charge in [-0.1, -0.05) is 42.5 Å². The summed E-state index contributed by atoms with van der Waals surface area (Å²) in [4.78, 5) is 34.0. The van der Waals surface area contributed by atoms with Crippen LogP contribution in [0.3, 0.4) is 0 Å². The zero-order chi connectivity index (χ0) is 17.4. The lowest BCUT2D eigenvalue weighted by Gasteiger charge is -2.18. The molecule has 126 valence electrons. The first-order chi connectivity index (χ1) is 11.6. The molecule has 2 aromatic rings. The first-order valence-electron chi connectivity index (χ1n) is 7.56. The Hall–Kier alpha value is -2.93. The van der Waals surface area contributed by atoms with Gasteiger partial charge in [0.15, 0.2) is 0 Å². The average Bonchev–Trinajstić information content (AvgIpc) is 2.61. The van der Waals surface area contributed by atoms with E-state index in [1.807, 2.05) is 42.5 Å². The number of carbonyl (C=O) groups excluding carboxylic acids is 3. The van der Waals surface area contributed by atoms with E-state index in [1.165, 1.54) is 0 Å². The van der Waals surface area contributed by atoms with Gasteiger partial charge in [0.2, 0.25) is 18.2 Å². The molecule has 0 spiro atoms. The van der Waals surface area contributed by atoms with Crippen LogP contribution in [0.4, 0.5) is 0 Å². The molecule has 3 amide bonds. The molecule has 7 heteroatoms. The maximum absolute atomic E-state index is 12.2. The minimum atomic E-state index is -0.768. The van der Waals surface area contributed by atoms with E-state index in [9.17, 15) is 14.4 Å². The van der Waals surface area contributed by atoms with Gasteiger partial charge in [-0.3, -0.25) is 14.4 Å². The predicted molar refractivity (Wildman–Crippen MR) is 90.8 cm³/mol. The molecule has 0 saturated heterocycles. The van der Waals surface area contributed by atoms with Crippen LogP contribution in [0.15, 0.2) is 42.5 Å². The van der Waals surface area contributed by atoms with Crippen LogP contribution in [0, 0.1) is 0 Å². The topological polar surface area (TPSA) is 113 Å². The predicted octanol–water partition coefficient (Wildman–Crippen LogP) is -0.354. The van der Waals surface area contributed by atoms with Crippen molar-refractivity contribution in [2.45, 2.75) is 12.5 Å². The Morgan fingerprint density at radius 1 is 1.12 bits per heavy atom. The van der Waals surface area contributed by atoms with E-state index in [1.54, 1.807) is 0 Å². The molecular formula is C17H20N4O3. The smallest absolute Gasteiger partial charge is 0.244 e. The largest absolute Gasteiger partial charge is 0.343 e. The number of nitrogens with one attached hydrogen (secondary N) is 3. The Labute approximate surface area is 139 Å². The third-order valence-electron chi connectivity index (χ3n) is 3.54. The first kappa shape index (κ1) is 17.4. The second-order valence-corrected chi connectivity index (χ2v) is 5.25. The second-order valence-electron chi connectivity index (χ2n) is 5.25. The van der Waals surface area contributed by atoms with Crippen LogP contribution in [0.1, 0.15) is 5.56 Å². The van der Waals surface area contributed by atoms with Crippen LogP contribution >= 0.6 is 0 Å². The van der Waals surface area contributed by atoms with Crippen LogP contribution in [0.25, 0.3) is 10.8 Å². The van der Waals surface area contributed by atoms with E-state index < -0.39 is 11.9 Å². The molecule has 2 rings (SSSR count). The van der Waals surface area contributed by atoms with Crippen molar-refractivity contribution in [1.82, 2.24) is 16.0 Å². The molecule has 0 aromatic heterocycles. The quantitative estimate of drug-likeness (QED) is 0.301. The van der Waals surface area contributed by atoms with E-state index in [-0.39, 0.29) is 19.1 Å². The highest BCUT2D eigenvalue weighted by Crippen LogP contribution is 2.16. The molecule has 0 radical (unpaired) electrons. The van der Waals surface area contributed by atoms with Gasteiger partial charge in [0, 0.05) is 6.42 Å². The minimum absolute atomic E-state index is 0.00491. The van der Waals surface area contributed by atoms with E-state index in [4.69, 9.17) is 5.73 Å². The van der Waals surface area contributed by atoms with Gasteiger partial charge in [0.05, 0.1) is 13.2 Å². The Morgan fingerprint density at radius 3 is 2.58 bits per heavy atom. The number of benzene rings is 2. The fraction of sp³-hybridized carbons (Fsp3) is 0.235. The third kappa shape index (κ3) is 4.79. The maximum Gasteiger partial charge on any atom is 0.244 e. The summed E-state index contributed by atoms with van der Waals surface area (Å²) in [7, 11) is 0. The van der Waals surface area contributed by atoms with Gasteiger partial charge in [-0.15, -0.1) is 0 Å². The van der Waals surface area contributed by atoms with Crippen molar-refractivity contribution in [3.8, 4) is 0 Å². The lowest BCUT2D eigenvalue weighted by Crippen LogP contribution is -2.51. The lowest BCUT2D eigenvalue weighted by molar-refractivity contribution is -0.128. The zero-order valence-corrected chi connectivity index (χ0v) is 13.1. The van der Waals surface area contributed by atoms with Crippen molar-refractivity contribution in [3.05, 3.63) is 48.0 Å². The third-order valence-corrected chi connectivity index (χ3v) is 3.54. The highest BCUT2D eigenvalue weighted by molar-refractivity contribution is 5.89. The molecule has 5 N–H and O–H groups in total. The van der Waals surface area contributed by atoms with Gasteiger partial charge in [-0.2, -0.15) is 0 Å². The fourth-order valence-corrected chi connectivity index (χ4v) is 2.37. The van der Waals surface area contributed by atoms with Crippen molar-refractivity contribution in [3.63, 3.8) is 0 Å². The number of carbonyl (C=O) groups is 3. The summed E-state index contributed by atoms with van der Waals surface area (Å²) in [5, 5.41) is 9.63. The van der Waals surface area contributed by atoms with Crippen LogP contribution in [-0.2, 0) is 20.8 Å². The molecule has 0 aliphatic carbocycles. The molecule has 0 aliphatic heterocycles. The van der Waals surface area contributed by atoms with E-state index in [0.717, 1.165) is 16.3 Å². The first-order valence-corrected chi connectivity index (χ1v) is 7.56. The summed E-state index contributed by atoms with van der Waals surface area (Å²) < 4.78 is 0. The van der Waals surface area contributed by atoms with E-state index in [0.29, 0.717) is 12.8 Å². The molecule has 2 aromatic carbocycles. The SMILES string of the molecule is NCC(=O)NC(Cc1ccc2ccccc2c1)C(=O)NCNC=O. The Bertz CT molecular complexity index is 733. The Morgan fingerprint density at radius 2 is 1.88 bits per heavy atom. The lowest BCUT2D eigenvalue weighted by atomic mass is 10.0. The summed E-state index contributed by atoms with van der Waals surface area (Å²) in [6.07, 6.45) is 0.806. The molecule has 1 unspecified atom stereocenters. The number of rotatable bonds is 8. The van der Waals surface area contributed by atoms with E-state index in [2.05, 4.69) is 16.0 Å². The van der Waals surface area contributed by atoms with Gasteiger partial charge in [0.25, 0.3) is 0 Å². The van der Waals surface area contributed by atoms with Crippen molar-refractivity contribution >= 4 is 29.0 Å². The molecule has 0 fully saturated rings. The van der Waals surface area contributed by atoms with Crippen LogP contribution in [0.5, 0.6) is 0 Å². The van der Waals surface area contributed by atoms with Gasteiger partial charge < -0.3 is 21.7 Å². The van der Waals surface area contributed by atoms with Gasteiger partial charge in [-0.05, 0) is 16.3 Å². The monoisotopic (exact) mass is 328 g/mol. The summed E-state index contributed by atoms with van der Waals surface area (Å²) >= 11 is 0. The fourth-order valence-electron chi connectivity index (χ4n) is 2.37. The Balaban J connectivity index is 2.13. The minimum Gasteiger partial charge on any atom is -0.343 e. The average molecular weight is 328 g/mol. The molecule has 7 nitrogen and oxygen atoms in total. The molecule has 0 bridgehead atoms. The molecule has 0 saturated carbocycles. The van der Waals surface area contributed by atoms with Gasteiger partial charge in [0.1, 0.15) is 6.04 Å². The molecule has 0 aliphatic rings. The normalized spacial score (nSPS) is 11.5. The molecule has 24 heavy (non-hydrogen) atoms. The van der Waals surface area contributed by atoms with Crippen LogP contribution in [-0.4, -0.2) is 37.5 Å². The number of nitrogens with two attached hydrogens (primary N) is 1. The van der Waals surface area contributed by atoms with Crippen LogP contribution in [0.2, 0.25) is 0 Å². The summed E-state index contributed by atoms with van der Waals surface area (Å²) in [6, 6.07) is 13.0. The summed E-state index contributed by atoms with van der Waals surface area (Å²) in [6.45, 7) is -0.205. The number of fused-ring (bicyclic) bond motifs is 1. The number of hydrogen-bond donors (Lipinski definition) is 4. The van der Waals surface area contributed by atoms with Crippen molar-refractivity contribution in [2.75, 3.05) is 13.2 Å². The van der Waals surface area contributed by atoms with Crippen molar-refractivity contribution in [1.29, 1.82) is 0 Å². The van der Waals surface area contributed by atoms with Crippen LogP contribution < -0.4 is 21.7 Å². The highest BCUT2D eigenvalue weighted by atomic mass is 16.2. The van der Waals surface area contributed by atoms with E-state index >= 15 is 0 Å². The number of amides is 3. The number of hydrogen-bond acceptors (Lipinski definition) is 4. The molecule has 0 heterocycles. The van der Waals surface area contributed by atoms with Gasteiger partial charge in [-0.25, -0.2) is 0 Å². The van der Waals surface area contributed by atoms with Crippen molar-refractivity contribution < 1.29 is 14.4 Å². The van der Waals surface area contributed by atoms with Gasteiger partial charge >= 0.3 is 0 Å². The molecular weight excluding hydrogens is 308 g/mol. The second kappa shape index (κ2) is 8.64. The summed E-state index contributed by atoms with van der Waals surface area (Å²) in [5.74, 6) is -0.807. The summed E-state index contributed by atoms with van der Waals surface area (Å²) in [5.41, 5.74) is 6.22. The zero-order valence-electron chi connectivity index (χ0n) is 13.1.